The van der Waals surface area contributed by atoms with Crippen LogP contribution in [0.5, 0.6) is 0 Å². The van der Waals surface area contributed by atoms with Crippen LogP contribution >= 0.6 is 0 Å². The maximum atomic E-state index is 9.55. The molecule has 0 spiro atoms. The van der Waals surface area contributed by atoms with Crippen LogP contribution in [0.15, 0.2) is 24.3 Å². The van der Waals surface area contributed by atoms with Gasteiger partial charge in [-0.1, -0.05) is 12.1 Å². The summed E-state index contributed by atoms with van der Waals surface area (Å²) in [5, 5.41) is 18.3. The zero-order valence-corrected chi connectivity index (χ0v) is 7.22. The van der Waals surface area contributed by atoms with Gasteiger partial charge in [-0.15, -0.1) is 0 Å². The lowest BCUT2D eigenvalue weighted by Gasteiger charge is -2.16. The van der Waals surface area contributed by atoms with Crippen molar-refractivity contribution in [3.05, 3.63) is 29.8 Å². The summed E-state index contributed by atoms with van der Waals surface area (Å²) >= 11 is 0. The summed E-state index contributed by atoms with van der Waals surface area (Å²) in [6, 6.07) is 6.10. The minimum absolute atomic E-state index is 0.245. The molecular formula is C9H14N2O2. The smallest absolute Gasteiger partial charge is 0.0963 e. The number of hydrogen-bond acceptors (Lipinski definition) is 4. The van der Waals surface area contributed by atoms with E-state index in [1.807, 2.05) is 0 Å². The molecule has 1 unspecified atom stereocenters. The largest absolute Gasteiger partial charge is 0.399 e. The van der Waals surface area contributed by atoms with Crippen LogP contribution in [-0.2, 0) is 0 Å². The first-order valence-corrected chi connectivity index (χ1v) is 4.05. The zero-order chi connectivity index (χ0) is 9.84. The Kier molecular flexibility index (Phi) is 3.25. The Labute approximate surface area is 76.8 Å². The molecule has 0 bridgehead atoms. The molecule has 4 nitrogen and oxygen atoms in total. The third kappa shape index (κ3) is 2.42. The third-order valence-corrected chi connectivity index (χ3v) is 1.89. The number of aliphatic hydroxyl groups excluding tert-OH is 2. The van der Waals surface area contributed by atoms with E-state index in [9.17, 15) is 5.11 Å². The molecule has 0 saturated carbocycles. The third-order valence-electron chi connectivity index (χ3n) is 1.89. The summed E-state index contributed by atoms with van der Waals surface area (Å²) < 4.78 is 0. The van der Waals surface area contributed by atoms with E-state index < -0.39 is 12.1 Å². The van der Waals surface area contributed by atoms with Crippen LogP contribution in [0.1, 0.15) is 11.7 Å². The lowest BCUT2D eigenvalue weighted by Crippen LogP contribution is -2.31. The van der Waals surface area contributed by atoms with Gasteiger partial charge >= 0.3 is 0 Å². The number of rotatable bonds is 3. The Hall–Kier alpha value is -1.10. The van der Waals surface area contributed by atoms with Gasteiger partial charge in [0.2, 0.25) is 0 Å². The van der Waals surface area contributed by atoms with Crippen LogP contribution in [0.25, 0.3) is 0 Å². The molecule has 72 valence electrons. The van der Waals surface area contributed by atoms with Crippen molar-refractivity contribution in [1.29, 1.82) is 0 Å². The first-order chi connectivity index (χ1) is 6.15. The Morgan fingerprint density at radius 2 is 1.77 bits per heavy atom. The number of nitrogens with two attached hydrogens (primary N) is 2. The van der Waals surface area contributed by atoms with Gasteiger partial charge in [-0.2, -0.15) is 0 Å². The molecule has 1 aromatic carbocycles. The molecule has 0 aliphatic carbocycles. The minimum Gasteiger partial charge on any atom is -0.399 e. The Balaban J connectivity index is 2.77. The van der Waals surface area contributed by atoms with Crippen molar-refractivity contribution in [3.63, 3.8) is 0 Å². The first-order valence-electron chi connectivity index (χ1n) is 4.05. The molecule has 2 atom stereocenters. The van der Waals surface area contributed by atoms with Crippen LogP contribution in [-0.4, -0.2) is 22.9 Å². The SMILES string of the molecule is Nc1ccc(C(O)[C@H](N)CO)cc1. The van der Waals surface area contributed by atoms with Gasteiger partial charge in [0, 0.05) is 5.69 Å². The van der Waals surface area contributed by atoms with Crippen molar-refractivity contribution in [2.75, 3.05) is 12.3 Å². The fourth-order valence-corrected chi connectivity index (χ4v) is 1.04. The van der Waals surface area contributed by atoms with Crippen molar-refractivity contribution >= 4 is 5.69 Å². The van der Waals surface area contributed by atoms with Crippen molar-refractivity contribution < 1.29 is 10.2 Å². The Bertz CT molecular complexity index is 261. The van der Waals surface area contributed by atoms with Gasteiger partial charge in [0.05, 0.1) is 18.8 Å². The molecule has 13 heavy (non-hydrogen) atoms. The van der Waals surface area contributed by atoms with Crippen molar-refractivity contribution in [2.24, 2.45) is 5.73 Å². The van der Waals surface area contributed by atoms with Crippen molar-refractivity contribution in [1.82, 2.24) is 0 Å². The van der Waals surface area contributed by atoms with Gasteiger partial charge in [0.15, 0.2) is 0 Å². The number of benzene rings is 1. The van der Waals surface area contributed by atoms with Crippen LogP contribution < -0.4 is 11.5 Å². The fourth-order valence-electron chi connectivity index (χ4n) is 1.04. The summed E-state index contributed by atoms with van der Waals surface area (Å²) in [5.74, 6) is 0. The highest BCUT2D eigenvalue weighted by Crippen LogP contribution is 2.16. The average Bonchev–Trinajstić information content (AvgIpc) is 2.17. The summed E-state index contributed by atoms with van der Waals surface area (Å²) in [6.07, 6.45) is -0.842. The highest BCUT2D eigenvalue weighted by molar-refractivity contribution is 5.40. The quantitative estimate of drug-likeness (QED) is 0.479. The van der Waals surface area contributed by atoms with E-state index in [-0.39, 0.29) is 6.61 Å². The molecule has 0 amide bonds. The lowest BCUT2D eigenvalue weighted by atomic mass is 10.0. The molecule has 0 aliphatic rings. The maximum absolute atomic E-state index is 9.55. The standard InChI is InChI=1S/C9H14N2O2/c10-7-3-1-6(2-4-7)9(13)8(11)5-12/h1-4,8-9,12-13H,5,10-11H2/t8-,9?/m1/s1. The maximum Gasteiger partial charge on any atom is 0.0963 e. The topological polar surface area (TPSA) is 92.5 Å². The Morgan fingerprint density at radius 1 is 1.23 bits per heavy atom. The van der Waals surface area contributed by atoms with Gasteiger partial charge in [-0.3, -0.25) is 0 Å². The predicted molar refractivity (Wildman–Crippen MR) is 50.9 cm³/mol. The second-order valence-corrected chi connectivity index (χ2v) is 2.96. The first kappa shape index (κ1) is 9.98. The van der Waals surface area contributed by atoms with Crippen LogP contribution in [0.4, 0.5) is 5.69 Å². The van der Waals surface area contributed by atoms with E-state index in [4.69, 9.17) is 16.6 Å². The highest BCUT2D eigenvalue weighted by atomic mass is 16.3. The summed E-state index contributed by atoms with van der Waals surface area (Å²) in [5.41, 5.74) is 12.2. The zero-order valence-electron chi connectivity index (χ0n) is 7.22. The van der Waals surface area contributed by atoms with E-state index in [2.05, 4.69) is 0 Å². The second kappa shape index (κ2) is 4.23. The molecule has 0 fully saturated rings. The molecule has 4 heteroatoms. The normalized spacial score (nSPS) is 15.3. The summed E-state index contributed by atoms with van der Waals surface area (Å²) in [7, 11) is 0. The van der Waals surface area contributed by atoms with E-state index >= 15 is 0 Å². The van der Waals surface area contributed by atoms with Crippen LogP contribution in [0, 0.1) is 0 Å². The van der Waals surface area contributed by atoms with Crippen molar-refractivity contribution in [3.8, 4) is 0 Å². The highest BCUT2D eigenvalue weighted by Gasteiger charge is 2.15. The molecule has 0 radical (unpaired) electrons. The molecule has 1 rings (SSSR count). The van der Waals surface area contributed by atoms with E-state index in [0.29, 0.717) is 11.3 Å². The number of anilines is 1. The molecule has 1 aromatic rings. The van der Waals surface area contributed by atoms with Gasteiger partial charge in [-0.05, 0) is 17.7 Å². The summed E-state index contributed by atoms with van der Waals surface area (Å²) in [6.45, 7) is -0.245. The Morgan fingerprint density at radius 3 is 2.23 bits per heavy atom. The average molecular weight is 182 g/mol. The number of nitrogen functional groups attached to an aromatic ring is 1. The molecular weight excluding hydrogens is 168 g/mol. The second-order valence-electron chi connectivity index (χ2n) is 2.96. The molecule has 6 N–H and O–H groups in total. The van der Waals surface area contributed by atoms with E-state index in [1.165, 1.54) is 0 Å². The van der Waals surface area contributed by atoms with E-state index in [1.54, 1.807) is 24.3 Å². The number of hydrogen-bond donors (Lipinski definition) is 4. The molecule has 0 heterocycles. The lowest BCUT2D eigenvalue weighted by molar-refractivity contribution is 0.109. The van der Waals surface area contributed by atoms with Crippen LogP contribution in [0.2, 0.25) is 0 Å². The van der Waals surface area contributed by atoms with Crippen molar-refractivity contribution in [2.45, 2.75) is 12.1 Å². The van der Waals surface area contributed by atoms with Gasteiger partial charge in [0.25, 0.3) is 0 Å². The molecule has 0 saturated heterocycles. The predicted octanol–water partition coefficient (Wildman–Crippen LogP) is -0.378. The van der Waals surface area contributed by atoms with Crippen LogP contribution in [0.3, 0.4) is 0 Å². The monoisotopic (exact) mass is 182 g/mol. The number of aliphatic hydroxyl groups is 2. The summed E-state index contributed by atoms with van der Waals surface area (Å²) in [4.78, 5) is 0. The van der Waals surface area contributed by atoms with Gasteiger partial charge in [-0.25, -0.2) is 0 Å². The van der Waals surface area contributed by atoms with Gasteiger partial charge in [0.1, 0.15) is 0 Å². The molecule has 0 aliphatic heterocycles. The molecule has 0 aromatic heterocycles. The van der Waals surface area contributed by atoms with Gasteiger partial charge < -0.3 is 21.7 Å². The van der Waals surface area contributed by atoms with E-state index in [0.717, 1.165) is 0 Å². The minimum atomic E-state index is -0.842. The fraction of sp³-hybridized carbons (Fsp3) is 0.333.